The van der Waals surface area contributed by atoms with Gasteiger partial charge in [0.2, 0.25) is 5.91 Å². The molecule has 0 bridgehead atoms. The molecule has 3 aromatic rings. The van der Waals surface area contributed by atoms with Crippen LogP contribution >= 0.6 is 0 Å². The smallest absolute Gasteiger partial charge is 0.225 e. The van der Waals surface area contributed by atoms with Gasteiger partial charge < -0.3 is 10.2 Å². The van der Waals surface area contributed by atoms with Gasteiger partial charge in [-0.25, -0.2) is 4.39 Å². The van der Waals surface area contributed by atoms with Crippen molar-refractivity contribution in [3.05, 3.63) is 66.4 Å². The summed E-state index contributed by atoms with van der Waals surface area (Å²) in [5.41, 5.74) is 2.41. The number of likely N-dealkylation sites (tertiary alicyclic amines) is 1. The summed E-state index contributed by atoms with van der Waals surface area (Å²) >= 11 is 0. The van der Waals surface area contributed by atoms with Gasteiger partial charge in [-0.05, 0) is 29.8 Å². The highest BCUT2D eigenvalue weighted by Gasteiger charge is 2.38. The first-order chi connectivity index (χ1) is 12.1. The molecule has 0 saturated carbocycles. The highest BCUT2D eigenvalue weighted by atomic mass is 19.1. The number of amides is 1. The Morgan fingerprint density at radius 1 is 1.24 bits per heavy atom. The average molecular weight is 336 g/mol. The molecule has 1 aliphatic rings. The number of rotatable bonds is 3. The van der Waals surface area contributed by atoms with Gasteiger partial charge in [0.1, 0.15) is 5.82 Å². The topological polar surface area (TPSA) is 58.1 Å². The van der Waals surface area contributed by atoms with Crippen molar-refractivity contribution in [3.8, 4) is 0 Å². The molecule has 3 heterocycles. The number of aromatic nitrogens is 2. The standard InChI is InChI=1S/C19H17FN4O/c1-24-18(25)10-17(19(24)12-3-2-7-21-11-12)23-15-6-8-22-16-9-13(20)4-5-14(15)16/h2-9,11,17,19H,10H2,1H3,(H,22,23)/t17-,19+/m1/s1. The first-order valence-electron chi connectivity index (χ1n) is 8.10. The summed E-state index contributed by atoms with van der Waals surface area (Å²) in [5, 5.41) is 4.29. The van der Waals surface area contributed by atoms with Crippen LogP contribution in [-0.2, 0) is 4.79 Å². The van der Waals surface area contributed by atoms with Gasteiger partial charge in [0.25, 0.3) is 0 Å². The summed E-state index contributed by atoms with van der Waals surface area (Å²) < 4.78 is 13.4. The maximum atomic E-state index is 13.4. The number of likely N-dealkylation sites (N-methyl/N-ethyl adjacent to an activating group) is 1. The largest absolute Gasteiger partial charge is 0.379 e. The van der Waals surface area contributed by atoms with E-state index in [9.17, 15) is 9.18 Å². The SMILES string of the molecule is CN1C(=O)C[C@@H](Nc2ccnc3cc(F)ccc23)[C@@H]1c1cccnc1. The van der Waals surface area contributed by atoms with Crippen molar-refractivity contribution in [2.45, 2.75) is 18.5 Å². The number of benzene rings is 1. The second-order valence-electron chi connectivity index (χ2n) is 6.21. The van der Waals surface area contributed by atoms with Crippen LogP contribution in [0.4, 0.5) is 10.1 Å². The highest BCUT2D eigenvalue weighted by Crippen LogP contribution is 2.35. The van der Waals surface area contributed by atoms with Crippen LogP contribution < -0.4 is 5.32 Å². The lowest BCUT2D eigenvalue weighted by atomic mass is 10.0. The molecule has 1 saturated heterocycles. The van der Waals surface area contributed by atoms with Crippen molar-refractivity contribution in [1.29, 1.82) is 0 Å². The van der Waals surface area contributed by atoms with Crippen molar-refractivity contribution in [2.24, 2.45) is 0 Å². The normalized spacial score (nSPS) is 20.2. The minimum Gasteiger partial charge on any atom is -0.379 e. The number of anilines is 1. The fourth-order valence-corrected chi connectivity index (χ4v) is 3.45. The Hall–Kier alpha value is -3.02. The molecule has 0 unspecified atom stereocenters. The average Bonchev–Trinajstić information content (AvgIpc) is 2.89. The van der Waals surface area contributed by atoms with E-state index >= 15 is 0 Å². The zero-order chi connectivity index (χ0) is 17.4. The van der Waals surface area contributed by atoms with E-state index in [-0.39, 0.29) is 23.8 Å². The third-order valence-corrected chi connectivity index (χ3v) is 4.66. The zero-order valence-electron chi connectivity index (χ0n) is 13.7. The Morgan fingerprint density at radius 3 is 2.92 bits per heavy atom. The molecule has 5 nitrogen and oxygen atoms in total. The fraction of sp³-hybridized carbons (Fsp3) is 0.211. The molecule has 126 valence electrons. The molecule has 0 aliphatic carbocycles. The minimum absolute atomic E-state index is 0.0794. The molecule has 1 aromatic carbocycles. The monoisotopic (exact) mass is 336 g/mol. The predicted molar refractivity (Wildman–Crippen MR) is 93.5 cm³/mol. The maximum Gasteiger partial charge on any atom is 0.225 e. The van der Waals surface area contributed by atoms with Gasteiger partial charge in [0.15, 0.2) is 0 Å². The quantitative estimate of drug-likeness (QED) is 0.798. The lowest BCUT2D eigenvalue weighted by molar-refractivity contribution is -0.127. The number of carbonyl (C=O) groups is 1. The molecule has 6 heteroatoms. The first kappa shape index (κ1) is 15.5. The van der Waals surface area contributed by atoms with Crippen molar-refractivity contribution in [3.63, 3.8) is 0 Å². The highest BCUT2D eigenvalue weighted by molar-refractivity contribution is 5.91. The van der Waals surface area contributed by atoms with Gasteiger partial charge in [-0.2, -0.15) is 0 Å². The lowest BCUT2D eigenvalue weighted by Gasteiger charge is -2.26. The summed E-state index contributed by atoms with van der Waals surface area (Å²) in [7, 11) is 1.81. The van der Waals surface area contributed by atoms with Gasteiger partial charge in [-0.3, -0.25) is 14.8 Å². The van der Waals surface area contributed by atoms with Gasteiger partial charge in [0.05, 0.1) is 17.6 Å². The minimum atomic E-state index is -0.318. The number of hydrogen-bond acceptors (Lipinski definition) is 4. The van der Waals surface area contributed by atoms with Crippen LogP contribution in [0.2, 0.25) is 0 Å². The van der Waals surface area contributed by atoms with E-state index in [0.29, 0.717) is 11.9 Å². The number of nitrogens with zero attached hydrogens (tertiary/aromatic N) is 3. The summed E-state index contributed by atoms with van der Waals surface area (Å²) in [6.07, 6.45) is 5.53. The molecule has 1 amide bonds. The Labute approximate surface area is 144 Å². The van der Waals surface area contributed by atoms with E-state index in [1.165, 1.54) is 12.1 Å². The molecule has 1 N–H and O–H groups in total. The van der Waals surface area contributed by atoms with E-state index in [2.05, 4.69) is 15.3 Å². The number of halogens is 1. The van der Waals surface area contributed by atoms with Crippen LogP contribution in [0.5, 0.6) is 0 Å². The second kappa shape index (κ2) is 6.12. The number of fused-ring (bicyclic) bond motifs is 1. The molecule has 2 aromatic heterocycles. The van der Waals surface area contributed by atoms with Gasteiger partial charge in [-0.15, -0.1) is 0 Å². The lowest BCUT2D eigenvalue weighted by Crippen LogP contribution is -2.30. The molecule has 1 aliphatic heterocycles. The molecule has 0 radical (unpaired) electrons. The van der Waals surface area contributed by atoms with Crippen LogP contribution in [0, 0.1) is 5.82 Å². The predicted octanol–water partition coefficient (Wildman–Crippen LogP) is 3.15. The van der Waals surface area contributed by atoms with Crippen LogP contribution in [0.1, 0.15) is 18.0 Å². The summed E-state index contributed by atoms with van der Waals surface area (Å²) in [4.78, 5) is 22.4. The summed E-state index contributed by atoms with van der Waals surface area (Å²) in [6.45, 7) is 0. The van der Waals surface area contributed by atoms with Crippen LogP contribution in [0.15, 0.2) is 55.0 Å². The number of hydrogen-bond donors (Lipinski definition) is 1. The number of carbonyl (C=O) groups excluding carboxylic acids is 1. The van der Waals surface area contributed by atoms with Crippen molar-refractivity contribution in [2.75, 3.05) is 12.4 Å². The molecule has 1 fully saturated rings. The molecule has 4 rings (SSSR count). The van der Waals surface area contributed by atoms with E-state index in [1.54, 1.807) is 29.6 Å². The summed E-state index contributed by atoms with van der Waals surface area (Å²) in [5.74, 6) is -0.239. The van der Waals surface area contributed by atoms with Gasteiger partial charge >= 0.3 is 0 Å². The Balaban J connectivity index is 1.71. The van der Waals surface area contributed by atoms with Gasteiger partial charge in [-0.1, -0.05) is 6.07 Å². The fourth-order valence-electron chi connectivity index (χ4n) is 3.45. The van der Waals surface area contributed by atoms with E-state index < -0.39 is 0 Å². The molecule has 0 spiro atoms. The van der Waals surface area contributed by atoms with Crippen LogP contribution in [0.3, 0.4) is 0 Å². The van der Waals surface area contributed by atoms with Crippen LogP contribution in [0.25, 0.3) is 10.9 Å². The van der Waals surface area contributed by atoms with Crippen molar-refractivity contribution >= 4 is 22.5 Å². The second-order valence-corrected chi connectivity index (χ2v) is 6.21. The molecular formula is C19H17FN4O. The molecule has 2 atom stereocenters. The number of pyridine rings is 2. The summed E-state index contributed by atoms with van der Waals surface area (Å²) in [6, 6.07) is 10.0. The zero-order valence-corrected chi connectivity index (χ0v) is 13.7. The van der Waals surface area contributed by atoms with Crippen LogP contribution in [-0.4, -0.2) is 33.9 Å². The Kier molecular flexibility index (Phi) is 3.80. The van der Waals surface area contributed by atoms with Gasteiger partial charge in [0, 0.05) is 49.2 Å². The van der Waals surface area contributed by atoms with E-state index in [1.807, 2.05) is 25.2 Å². The third kappa shape index (κ3) is 2.80. The van der Waals surface area contributed by atoms with Crippen molar-refractivity contribution < 1.29 is 9.18 Å². The molecule has 25 heavy (non-hydrogen) atoms. The maximum absolute atomic E-state index is 13.4. The van der Waals surface area contributed by atoms with Crippen molar-refractivity contribution in [1.82, 2.24) is 14.9 Å². The number of nitrogens with one attached hydrogen (secondary N) is 1. The first-order valence-corrected chi connectivity index (χ1v) is 8.10. The molecular weight excluding hydrogens is 319 g/mol. The third-order valence-electron chi connectivity index (χ3n) is 4.66. The van der Waals surface area contributed by atoms with E-state index in [4.69, 9.17) is 0 Å². The van der Waals surface area contributed by atoms with E-state index in [0.717, 1.165) is 16.6 Å². The Morgan fingerprint density at radius 2 is 2.12 bits per heavy atom. The Bertz CT molecular complexity index is 931.